The molecule has 0 saturated heterocycles. The fraction of sp³-hybridized carbons (Fsp3) is 0.278. The second-order valence-corrected chi connectivity index (χ2v) is 6.22. The summed E-state index contributed by atoms with van der Waals surface area (Å²) < 4.78 is 10.4. The molecule has 0 aromatic heterocycles. The molecule has 0 fully saturated rings. The van der Waals surface area contributed by atoms with Crippen LogP contribution in [0.5, 0.6) is 11.5 Å². The molecule has 0 heterocycles. The summed E-state index contributed by atoms with van der Waals surface area (Å²) in [7, 11) is 3.11. The van der Waals surface area contributed by atoms with Crippen LogP contribution in [0, 0.1) is 0 Å². The molecule has 0 unspecified atom stereocenters. The number of halogens is 1. The topological polar surface area (TPSA) is 59.6 Å². The largest absolute Gasteiger partial charge is 0.493 e. The highest BCUT2D eigenvalue weighted by Gasteiger charge is 2.23. The van der Waals surface area contributed by atoms with E-state index in [-0.39, 0.29) is 6.03 Å². The molecule has 0 spiro atoms. The number of amides is 2. The number of methoxy groups -OCH3 is 2. The van der Waals surface area contributed by atoms with Gasteiger partial charge in [-0.1, -0.05) is 23.7 Å². The first kappa shape index (κ1) is 17.9. The maximum absolute atomic E-state index is 12.3. The summed E-state index contributed by atoms with van der Waals surface area (Å²) in [4.78, 5) is 12.3. The normalized spacial score (nSPS) is 10.9. The van der Waals surface area contributed by atoms with Crippen molar-refractivity contribution in [3.8, 4) is 11.5 Å². The van der Waals surface area contributed by atoms with Crippen LogP contribution in [-0.2, 0) is 5.54 Å². The smallest absolute Gasteiger partial charge is 0.319 e. The lowest BCUT2D eigenvalue weighted by Gasteiger charge is -2.27. The highest BCUT2D eigenvalue weighted by molar-refractivity contribution is 6.30. The highest BCUT2D eigenvalue weighted by atomic mass is 35.5. The zero-order chi connectivity index (χ0) is 17.7. The van der Waals surface area contributed by atoms with E-state index in [0.29, 0.717) is 22.2 Å². The zero-order valence-corrected chi connectivity index (χ0v) is 14.9. The molecule has 0 saturated carbocycles. The Morgan fingerprint density at radius 3 is 2.21 bits per heavy atom. The van der Waals surface area contributed by atoms with E-state index in [2.05, 4.69) is 10.6 Å². The Labute approximate surface area is 146 Å². The van der Waals surface area contributed by atoms with E-state index in [0.717, 1.165) is 5.56 Å². The second-order valence-electron chi connectivity index (χ2n) is 5.78. The minimum absolute atomic E-state index is 0.317. The fourth-order valence-electron chi connectivity index (χ4n) is 2.30. The van der Waals surface area contributed by atoms with Gasteiger partial charge in [-0.25, -0.2) is 4.79 Å². The zero-order valence-electron chi connectivity index (χ0n) is 14.1. The van der Waals surface area contributed by atoms with Crippen LogP contribution in [0.15, 0.2) is 42.5 Å². The number of carbonyl (C=O) groups is 1. The highest BCUT2D eigenvalue weighted by Crippen LogP contribution is 2.30. The van der Waals surface area contributed by atoms with Crippen molar-refractivity contribution in [1.82, 2.24) is 5.32 Å². The lowest BCUT2D eigenvalue weighted by Crippen LogP contribution is -2.43. The molecular weight excluding hydrogens is 328 g/mol. The first-order valence-corrected chi connectivity index (χ1v) is 7.81. The van der Waals surface area contributed by atoms with E-state index in [1.165, 1.54) is 0 Å². The quantitative estimate of drug-likeness (QED) is 0.841. The Balaban J connectivity index is 2.08. The van der Waals surface area contributed by atoms with Crippen molar-refractivity contribution in [3.05, 3.63) is 53.1 Å². The molecule has 5 nitrogen and oxygen atoms in total. The molecular formula is C18H21ClN2O3. The lowest BCUT2D eigenvalue weighted by molar-refractivity contribution is 0.242. The third-order valence-corrected chi connectivity index (χ3v) is 3.89. The number of rotatable bonds is 5. The summed E-state index contributed by atoms with van der Waals surface area (Å²) in [6.45, 7) is 3.84. The van der Waals surface area contributed by atoms with Gasteiger partial charge in [0.05, 0.1) is 19.8 Å². The number of ether oxygens (including phenoxy) is 2. The maximum Gasteiger partial charge on any atom is 0.319 e. The molecule has 0 bridgehead atoms. The lowest BCUT2D eigenvalue weighted by atomic mass is 9.94. The second kappa shape index (κ2) is 7.45. The third kappa shape index (κ3) is 4.32. The van der Waals surface area contributed by atoms with Gasteiger partial charge in [-0.05, 0) is 43.7 Å². The van der Waals surface area contributed by atoms with Gasteiger partial charge in [0.25, 0.3) is 0 Å². The Kier molecular flexibility index (Phi) is 5.57. The molecule has 2 N–H and O–H groups in total. The first-order chi connectivity index (χ1) is 11.4. The number of benzene rings is 2. The molecule has 24 heavy (non-hydrogen) atoms. The van der Waals surface area contributed by atoms with Crippen LogP contribution in [0.25, 0.3) is 0 Å². The van der Waals surface area contributed by atoms with E-state index in [1.807, 2.05) is 26.0 Å². The number of hydrogen-bond acceptors (Lipinski definition) is 3. The molecule has 2 aromatic rings. The molecule has 2 aromatic carbocycles. The van der Waals surface area contributed by atoms with Gasteiger partial charge in [-0.15, -0.1) is 0 Å². The van der Waals surface area contributed by atoms with E-state index >= 15 is 0 Å². The molecule has 0 atom stereocenters. The molecule has 6 heteroatoms. The van der Waals surface area contributed by atoms with Gasteiger partial charge in [0, 0.05) is 16.8 Å². The van der Waals surface area contributed by atoms with Gasteiger partial charge in [-0.3, -0.25) is 0 Å². The molecule has 0 aliphatic rings. The standard InChI is InChI=1S/C18H21ClN2O3/c1-18(2,12-5-7-13(19)8-6-12)21-17(22)20-14-9-10-15(23-3)16(11-14)24-4/h5-11H,1-4H3,(H2,20,21,22). The molecule has 0 aliphatic carbocycles. The summed E-state index contributed by atoms with van der Waals surface area (Å²) in [5.41, 5.74) is 1.01. The SMILES string of the molecule is COc1ccc(NC(=O)NC(C)(C)c2ccc(Cl)cc2)cc1OC. The number of carbonyl (C=O) groups excluding carboxylic acids is 1. The van der Waals surface area contributed by atoms with Crippen molar-refractivity contribution < 1.29 is 14.3 Å². The van der Waals surface area contributed by atoms with E-state index in [4.69, 9.17) is 21.1 Å². The number of urea groups is 1. The van der Waals surface area contributed by atoms with Gasteiger partial charge in [0.15, 0.2) is 11.5 Å². The Morgan fingerprint density at radius 2 is 1.62 bits per heavy atom. The van der Waals surface area contributed by atoms with Crippen molar-refractivity contribution in [1.29, 1.82) is 0 Å². The van der Waals surface area contributed by atoms with Crippen LogP contribution in [0.4, 0.5) is 10.5 Å². The molecule has 0 aliphatic heterocycles. The molecule has 2 rings (SSSR count). The van der Waals surface area contributed by atoms with Crippen LogP contribution in [0.3, 0.4) is 0 Å². The summed E-state index contributed by atoms with van der Waals surface area (Å²) in [6, 6.07) is 12.2. The average Bonchev–Trinajstić information content (AvgIpc) is 2.54. The Hall–Kier alpha value is -2.40. The van der Waals surface area contributed by atoms with Crippen LogP contribution in [0.2, 0.25) is 5.02 Å². The fourth-order valence-corrected chi connectivity index (χ4v) is 2.42. The van der Waals surface area contributed by atoms with Crippen LogP contribution in [0.1, 0.15) is 19.4 Å². The van der Waals surface area contributed by atoms with Gasteiger partial charge in [0.2, 0.25) is 0 Å². The Bertz CT molecular complexity index is 715. The third-order valence-electron chi connectivity index (χ3n) is 3.63. The minimum Gasteiger partial charge on any atom is -0.493 e. The predicted molar refractivity (Wildman–Crippen MR) is 96.2 cm³/mol. The number of nitrogens with one attached hydrogen (secondary N) is 2. The van der Waals surface area contributed by atoms with Gasteiger partial charge in [-0.2, -0.15) is 0 Å². The summed E-state index contributed by atoms with van der Waals surface area (Å²) in [5.74, 6) is 1.15. The molecule has 2 amide bonds. The van der Waals surface area contributed by atoms with Crippen molar-refractivity contribution >= 4 is 23.3 Å². The average molecular weight is 349 g/mol. The minimum atomic E-state index is -0.550. The van der Waals surface area contributed by atoms with E-state index in [1.54, 1.807) is 44.6 Å². The van der Waals surface area contributed by atoms with Gasteiger partial charge >= 0.3 is 6.03 Å². The van der Waals surface area contributed by atoms with Crippen molar-refractivity contribution in [2.45, 2.75) is 19.4 Å². The monoisotopic (exact) mass is 348 g/mol. The van der Waals surface area contributed by atoms with Crippen LogP contribution < -0.4 is 20.1 Å². The maximum atomic E-state index is 12.3. The summed E-state index contributed by atoms with van der Waals surface area (Å²) in [6.07, 6.45) is 0. The first-order valence-electron chi connectivity index (χ1n) is 7.43. The number of hydrogen-bond donors (Lipinski definition) is 2. The van der Waals surface area contributed by atoms with Crippen molar-refractivity contribution in [3.63, 3.8) is 0 Å². The van der Waals surface area contributed by atoms with Crippen molar-refractivity contribution in [2.75, 3.05) is 19.5 Å². The van der Waals surface area contributed by atoms with Crippen LogP contribution >= 0.6 is 11.6 Å². The van der Waals surface area contributed by atoms with E-state index in [9.17, 15) is 4.79 Å². The van der Waals surface area contributed by atoms with Crippen molar-refractivity contribution in [2.24, 2.45) is 0 Å². The molecule has 128 valence electrons. The number of anilines is 1. The summed E-state index contributed by atoms with van der Waals surface area (Å²) in [5, 5.41) is 6.39. The van der Waals surface area contributed by atoms with Gasteiger partial charge in [0.1, 0.15) is 0 Å². The van der Waals surface area contributed by atoms with E-state index < -0.39 is 5.54 Å². The predicted octanol–water partition coefficient (Wildman–Crippen LogP) is 4.41. The Morgan fingerprint density at radius 1 is 1.00 bits per heavy atom. The van der Waals surface area contributed by atoms with Crippen LogP contribution in [-0.4, -0.2) is 20.3 Å². The summed E-state index contributed by atoms with van der Waals surface area (Å²) >= 11 is 5.91. The molecule has 0 radical (unpaired) electrons. The van der Waals surface area contributed by atoms with Gasteiger partial charge < -0.3 is 20.1 Å².